The molecule has 3 fully saturated rings. The molecule has 140 valence electrons. The number of carbonyl (C=O) groups excluding carboxylic acids is 2. The molecule has 1 saturated carbocycles. The van der Waals surface area contributed by atoms with Gasteiger partial charge in [-0.1, -0.05) is 12.5 Å². The molecule has 0 radical (unpaired) electrons. The molecule has 1 aromatic rings. The Morgan fingerprint density at radius 2 is 1.69 bits per heavy atom. The number of sulfone groups is 1. The first-order chi connectivity index (χ1) is 12.4. The van der Waals surface area contributed by atoms with Crippen molar-refractivity contribution in [2.24, 2.45) is 5.92 Å². The molecule has 8 heteroatoms. The molecule has 2 atom stereocenters. The fourth-order valence-corrected chi connectivity index (χ4v) is 6.15. The minimum atomic E-state index is -3.30. The third-order valence-electron chi connectivity index (χ3n) is 5.77. The van der Waals surface area contributed by atoms with Gasteiger partial charge < -0.3 is 14.9 Å². The summed E-state index contributed by atoms with van der Waals surface area (Å²) < 4.78 is 24.5. The molecular formula is C18H22N2O5S. The number of piperazine rings is 1. The van der Waals surface area contributed by atoms with E-state index in [2.05, 4.69) is 0 Å². The summed E-state index contributed by atoms with van der Waals surface area (Å²) in [4.78, 5) is 28.9. The van der Waals surface area contributed by atoms with E-state index in [4.69, 9.17) is 0 Å². The molecule has 2 amide bonds. The van der Waals surface area contributed by atoms with Crippen molar-refractivity contribution in [3.8, 4) is 5.75 Å². The number of phenolic OH excluding ortho intramolecular Hbond substituents is 1. The van der Waals surface area contributed by atoms with E-state index >= 15 is 0 Å². The van der Waals surface area contributed by atoms with Crippen LogP contribution in [0.25, 0.3) is 0 Å². The number of rotatable bonds is 2. The highest BCUT2D eigenvalue weighted by molar-refractivity contribution is 7.91. The summed E-state index contributed by atoms with van der Waals surface area (Å²) in [6, 6.07) is 5.06. The molecule has 1 aromatic carbocycles. The largest absolute Gasteiger partial charge is 0.508 e. The maximum atomic E-state index is 12.9. The molecule has 0 spiro atoms. The van der Waals surface area contributed by atoms with Crippen molar-refractivity contribution in [1.82, 2.24) is 9.80 Å². The van der Waals surface area contributed by atoms with Gasteiger partial charge in [-0.25, -0.2) is 8.42 Å². The van der Waals surface area contributed by atoms with E-state index in [1.54, 1.807) is 21.9 Å². The third-order valence-corrected chi connectivity index (χ3v) is 7.47. The summed E-state index contributed by atoms with van der Waals surface area (Å²) in [6.07, 6.45) is 2.77. The first-order valence-electron chi connectivity index (χ1n) is 8.96. The zero-order chi connectivity index (χ0) is 18.5. The standard InChI is InChI=1S/C18H22N2O5S/c21-14-6-2-5-13(9-14)18(23)20-8-7-19(17(22)12-3-1-4-12)15-10-26(24,25)11-16(15)20/h2,5-6,9,12,15-16,21H,1,3-4,7-8,10-11H2/t15-,16+/m1/s1. The van der Waals surface area contributed by atoms with Gasteiger partial charge in [-0.05, 0) is 31.0 Å². The van der Waals surface area contributed by atoms with Gasteiger partial charge in [0.05, 0.1) is 23.6 Å². The molecule has 7 nitrogen and oxygen atoms in total. The van der Waals surface area contributed by atoms with Crippen LogP contribution in [0.3, 0.4) is 0 Å². The first kappa shape index (κ1) is 17.3. The van der Waals surface area contributed by atoms with Gasteiger partial charge in [-0.3, -0.25) is 9.59 Å². The van der Waals surface area contributed by atoms with Gasteiger partial charge in [0.2, 0.25) is 5.91 Å². The van der Waals surface area contributed by atoms with E-state index in [9.17, 15) is 23.1 Å². The molecule has 0 unspecified atom stereocenters. The summed E-state index contributed by atoms with van der Waals surface area (Å²) in [5.41, 5.74) is 0.326. The molecule has 3 aliphatic rings. The summed E-state index contributed by atoms with van der Waals surface area (Å²) >= 11 is 0. The number of aromatic hydroxyl groups is 1. The first-order valence-corrected chi connectivity index (χ1v) is 10.8. The smallest absolute Gasteiger partial charge is 0.254 e. The van der Waals surface area contributed by atoms with Crippen molar-refractivity contribution < 1.29 is 23.1 Å². The van der Waals surface area contributed by atoms with Crippen LogP contribution in [0.4, 0.5) is 0 Å². The van der Waals surface area contributed by atoms with Crippen molar-refractivity contribution in [3.05, 3.63) is 29.8 Å². The normalized spacial score (nSPS) is 27.7. The van der Waals surface area contributed by atoms with E-state index in [1.807, 2.05) is 0 Å². The van der Waals surface area contributed by atoms with Crippen LogP contribution >= 0.6 is 0 Å². The number of phenols is 1. The van der Waals surface area contributed by atoms with Crippen molar-refractivity contribution in [3.63, 3.8) is 0 Å². The Bertz CT molecular complexity index is 849. The van der Waals surface area contributed by atoms with E-state index in [0.717, 1.165) is 19.3 Å². The number of carbonyl (C=O) groups is 2. The molecule has 2 aliphatic heterocycles. The number of amides is 2. The van der Waals surface area contributed by atoms with E-state index < -0.39 is 21.9 Å². The number of fused-ring (bicyclic) bond motifs is 1. The molecular weight excluding hydrogens is 356 g/mol. The molecule has 4 rings (SSSR count). The zero-order valence-electron chi connectivity index (χ0n) is 14.4. The zero-order valence-corrected chi connectivity index (χ0v) is 15.2. The van der Waals surface area contributed by atoms with Gasteiger partial charge >= 0.3 is 0 Å². The Hall–Kier alpha value is -2.09. The van der Waals surface area contributed by atoms with Crippen LogP contribution in [-0.2, 0) is 14.6 Å². The third kappa shape index (κ3) is 2.96. The maximum Gasteiger partial charge on any atom is 0.254 e. The van der Waals surface area contributed by atoms with Gasteiger partial charge in [-0.2, -0.15) is 0 Å². The Labute approximate surface area is 152 Å². The maximum absolute atomic E-state index is 12.9. The number of hydrogen-bond acceptors (Lipinski definition) is 5. The molecule has 1 N–H and O–H groups in total. The van der Waals surface area contributed by atoms with E-state index in [0.29, 0.717) is 18.7 Å². The lowest BCUT2D eigenvalue weighted by Gasteiger charge is -2.45. The van der Waals surface area contributed by atoms with Gasteiger partial charge in [0.15, 0.2) is 9.84 Å². The lowest BCUT2D eigenvalue weighted by molar-refractivity contribution is -0.143. The van der Waals surface area contributed by atoms with E-state index in [1.165, 1.54) is 12.1 Å². The topological polar surface area (TPSA) is 95.0 Å². The minimum Gasteiger partial charge on any atom is -0.508 e. The van der Waals surface area contributed by atoms with Crippen LogP contribution in [0.5, 0.6) is 5.75 Å². The van der Waals surface area contributed by atoms with Crippen LogP contribution in [0.2, 0.25) is 0 Å². The Balaban J connectivity index is 1.61. The van der Waals surface area contributed by atoms with Crippen LogP contribution < -0.4 is 0 Å². The highest BCUT2D eigenvalue weighted by Gasteiger charge is 2.50. The quantitative estimate of drug-likeness (QED) is 0.815. The SMILES string of the molecule is O=C(C1CCC1)N1CCN(C(=O)c2cccc(O)c2)[C@H]2CS(=O)(=O)C[C@H]21. The molecule has 2 heterocycles. The van der Waals surface area contributed by atoms with Gasteiger partial charge in [0, 0.05) is 24.6 Å². The number of nitrogens with zero attached hydrogens (tertiary/aromatic N) is 2. The summed E-state index contributed by atoms with van der Waals surface area (Å²) in [6.45, 7) is 0.667. The van der Waals surface area contributed by atoms with Crippen molar-refractivity contribution in [2.45, 2.75) is 31.3 Å². The highest BCUT2D eigenvalue weighted by atomic mass is 32.2. The molecule has 0 bridgehead atoms. The van der Waals surface area contributed by atoms with Crippen LogP contribution in [0.1, 0.15) is 29.6 Å². The predicted molar refractivity (Wildman–Crippen MR) is 94.4 cm³/mol. The second-order valence-electron chi connectivity index (χ2n) is 7.42. The van der Waals surface area contributed by atoms with Crippen LogP contribution in [0, 0.1) is 5.92 Å². The average molecular weight is 378 g/mol. The minimum absolute atomic E-state index is 0.00674. The van der Waals surface area contributed by atoms with Crippen molar-refractivity contribution >= 4 is 21.7 Å². The van der Waals surface area contributed by atoms with E-state index in [-0.39, 0.29) is 35.0 Å². The van der Waals surface area contributed by atoms with Gasteiger partial charge in [0.25, 0.3) is 5.91 Å². The predicted octanol–water partition coefficient (Wildman–Crippen LogP) is 0.642. The lowest BCUT2D eigenvalue weighted by atomic mass is 9.83. The second kappa shape index (κ2) is 6.26. The second-order valence-corrected chi connectivity index (χ2v) is 9.57. The Kier molecular flexibility index (Phi) is 4.17. The lowest BCUT2D eigenvalue weighted by Crippen LogP contribution is -2.63. The molecule has 2 saturated heterocycles. The fraction of sp³-hybridized carbons (Fsp3) is 0.556. The van der Waals surface area contributed by atoms with Gasteiger partial charge in [0.1, 0.15) is 5.75 Å². The Morgan fingerprint density at radius 1 is 1.04 bits per heavy atom. The summed E-state index contributed by atoms with van der Waals surface area (Å²) in [5, 5.41) is 9.62. The molecule has 0 aromatic heterocycles. The van der Waals surface area contributed by atoms with Gasteiger partial charge in [-0.15, -0.1) is 0 Å². The molecule has 1 aliphatic carbocycles. The monoisotopic (exact) mass is 378 g/mol. The van der Waals surface area contributed by atoms with Crippen LogP contribution in [0.15, 0.2) is 24.3 Å². The average Bonchev–Trinajstić information content (AvgIpc) is 2.86. The highest BCUT2D eigenvalue weighted by Crippen LogP contribution is 2.34. The summed E-state index contributed by atoms with van der Waals surface area (Å²) in [7, 11) is -3.30. The summed E-state index contributed by atoms with van der Waals surface area (Å²) in [5.74, 6) is -0.467. The number of hydrogen-bond donors (Lipinski definition) is 1. The number of benzene rings is 1. The van der Waals surface area contributed by atoms with Crippen molar-refractivity contribution in [1.29, 1.82) is 0 Å². The van der Waals surface area contributed by atoms with Crippen LogP contribution in [-0.4, -0.2) is 71.8 Å². The Morgan fingerprint density at radius 3 is 2.31 bits per heavy atom. The fourth-order valence-electron chi connectivity index (χ4n) is 4.17. The van der Waals surface area contributed by atoms with Crippen molar-refractivity contribution in [2.75, 3.05) is 24.6 Å². The molecule has 26 heavy (non-hydrogen) atoms.